The molecule has 6 nitrogen and oxygen atoms in total. The Morgan fingerprint density at radius 2 is 2.13 bits per heavy atom. The molecule has 0 bridgehead atoms. The van der Waals surface area contributed by atoms with Gasteiger partial charge in [0.05, 0.1) is 6.42 Å². The lowest BCUT2D eigenvalue weighted by molar-refractivity contribution is -0.154. The Bertz CT molecular complexity index is 409. The van der Waals surface area contributed by atoms with E-state index in [-0.39, 0.29) is 12.1 Å². The second kappa shape index (κ2) is 3.80. The fourth-order valence-electron chi connectivity index (χ4n) is 0.993. The van der Waals surface area contributed by atoms with Crippen molar-refractivity contribution in [2.75, 3.05) is 0 Å². The highest BCUT2D eigenvalue weighted by atomic mass is 16.6. The number of oxazole rings is 1. The first-order chi connectivity index (χ1) is 6.78. The SMILES string of the molecule is CC(C)(C)OC(=O)Cc1[nH]c(=O)oc1O. The van der Waals surface area contributed by atoms with E-state index in [1.54, 1.807) is 20.8 Å². The predicted molar refractivity (Wildman–Crippen MR) is 50.5 cm³/mol. The van der Waals surface area contributed by atoms with Crippen molar-refractivity contribution in [1.29, 1.82) is 0 Å². The van der Waals surface area contributed by atoms with Crippen LogP contribution in [0.2, 0.25) is 0 Å². The minimum absolute atomic E-state index is 0.0225. The van der Waals surface area contributed by atoms with Crippen molar-refractivity contribution in [3.8, 4) is 5.95 Å². The molecule has 0 aromatic carbocycles. The summed E-state index contributed by atoms with van der Waals surface area (Å²) < 4.78 is 9.27. The lowest BCUT2D eigenvalue weighted by Crippen LogP contribution is -2.25. The average Bonchev–Trinajstić information content (AvgIpc) is 2.25. The van der Waals surface area contributed by atoms with Gasteiger partial charge in [0.15, 0.2) is 0 Å². The molecule has 15 heavy (non-hydrogen) atoms. The highest BCUT2D eigenvalue weighted by molar-refractivity contribution is 5.72. The highest BCUT2D eigenvalue weighted by Gasteiger charge is 2.19. The van der Waals surface area contributed by atoms with E-state index in [1.807, 2.05) is 0 Å². The van der Waals surface area contributed by atoms with Gasteiger partial charge in [-0.05, 0) is 20.8 Å². The third-order valence-electron chi connectivity index (χ3n) is 1.44. The maximum absolute atomic E-state index is 11.3. The van der Waals surface area contributed by atoms with Gasteiger partial charge in [0, 0.05) is 0 Å². The molecule has 1 aromatic rings. The summed E-state index contributed by atoms with van der Waals surface area (Å²) in [6, 6.07) is 0. The van der Waals surface area contributed by atoms with Crippen molar-refractivity contribution in [1.82, 2.24) is 4.98 Å². The van der Waals surface area contributed by atoms with Crippen LogP contribution in [0.1, 0.15) is 26.5 Å². The number of aromatic hydroxyl groups is 1. The summed E-state index contributed by atoms with van der Waals surface area (Å²) in [7, 11) is 0. The van der Waals surface area contributed by atoms with Gasteiger partial charge in [0.1, 0.15) is 11.3 Å². The standard InChI is InChI=1S/C9H13NO5/c1-9(2,3)15-6(11)4-5-7(12)14-8(13)10-5/h12H,4H2,1-3H3,(H,10,13). The van der Waals surface area contributed by atoms with Crippen molar-refractivity contribution < 1.29 is 19.1 Å². The normalized spacial score (nSPS) is 11.4. The molecule has 6 heteroatoms. The number of rotatable bonds is 2. The van der Waals surface area contributed by atoms with Crippen LogP contribution in [0.4, 0.5) is 0 Å². The Kier molecular flexibility index (Phi) is 2.88. The van der Waals surface area contributed by atoms with Gasteiger partial charge in [-0.2, -0.15) is 0 Å². The molecule has 0 aliphatic rings. The molecule has 0 amide bonds. The number of esters is 1. The summed E-state index contributed by atoms with van der Waals surface area (Å²) in [6.45, 7) is 5.18. The third-order valence-corrected chi connectivity index (χ3v) is 1.44. The van der Waals surface area contributed by atoms with E-state index in [1.165, 1.54) is 0 Å². The van der Waals surface area contributed by atoms with E-state index < -0.39 is 23.3 Å². The zero-order valence-electron chi connectivity index (χ0n) is 8.79. The Morgan fingerprint density at radius 1 is 1.53 bits per heavy atom. The topological polar surface area (TPSA) is 92.5 Å². The number of carbonyl (C=O) groups is 1. The molecule has 0 unspecified atom stereocenters. The van der Waals surface area contributed by atoms with E-state index in [9.17, 15) is 9.59 Å². The molecule has 0 atom stereocenters. The van der Waals surface area contributed by atoms with Crippen molar-refractivity contribution in [2.45, 2.75) is 32.8 Å². The number of H-pyrrole nitrogens is 1. The summed E-state index contributed by atoms with van der Waals surface area (Å²) in [5.74, 6) is -1.92. The molecule has 0 saturated heterocycles. The van der Waals surface area contributed by atoms with Crippen molar-refractivity contribution >= 4 is 5.97 Å². The molecule has 84 valence electrons. The van der Waals surface area contributed by atoms with E-state index >= 15 is 0 Å². The number of aromatic nitrogens is 1. The summed E-state index contributed by atoms with van der Waals surface area (Å²) in [5, 5.41) is 9.07. The van der Waals surface area contributed by atoms with Gasteiger partial charge < -0.3 is 14.3 Å². The second-order valence-electron chi connectivity index (χ2n) is 4.06. The molecule has 0 radical (unpaired) electrons. The molecule has 0 fully saturated rings. The minimum Gasteiger partial charge on any atom is -0.479 e. The number of hydrogen-bond acceptors (Lipinski definition) is 5. The first-order valence-corrected chi connectivity index (χ1v) is 4.41. The van der Waals surface area contributed by atoms with Crippen LogP contribution < -0.4 is 5.76 Å². The molecular formula is C9H13NO5. The monoisotopic (exact) mass is 215 g/mol. The van der Waals surface area contributed by atoms with Crippen molar-refractivity contribution in [3.05, 3.63) is 16.2 Å². The number of nitrogens with one attached hydrogen (secondary N) is 1. The Morgan fingerprint density at radius 3 is 2.53 bits per heavy atom. The fourth-order valence-corrected chi connectivity index (χ4v) is 0.993. The summed E-state index contributed by atoms with van der Waals surface area (Å²) in [5.41, 5.74) is -0.578. The van der Waals surface area contributed by atoms with Crippen LogP contribution >= 0.6 is 0 Å². The van der Waals surface area contributed by atoms with Gasteiger partial charge in [0.25, 0.3) is 0 Å². The number of carbonyl (C=O) groups excluding carboxylic acids is 1. The first-order valence-electron chi connectivity index (χ1n) is 4.41. The molecule has 0 aliphatic heterocycles. The van der Waals surface area contributed by atoms with E-state index in [0.717, 1.165) is 0 Å². The first kappa shape index (κ1) is 11.4. The largest absolute Gasteiger partial charge is 0.479 e. The van der Waals surface area contributed by atoms with E-state index in [0.29, 0.717) is 0 Å². The second-order valence-corrected chi connectivity index (χ2v) is 4.06. The smallest absolute Gasteiger partial charge is 0.419 e. The zero-order valence-corrected chi connectivity index (χ0v) is 8.79. The summed E-state index contributed by atoms with van der Waals surface area (Å²) in [6.07, 6.45) is -0.227. The van der Waals surface area contributed by atoms with Crippen LogP contribution in [0.25, 0.3) is 0 Å². The Labute approximate surface area is 85.9 Å². The summed E-state index contributed by atoms with van der Waals surface area (Å²) in [4.78, 5) is 24.1. The van der Waals surface area contributed by atoms with Gasteiger partial charge in [-0.1, -0.05) is 0 Å². The fraction of sp³-hybridized carbons (Fsp3) is 0.556. The van der Waals surface area contributed by atoms with Gasteiger partial charge in [0.2, 0.25) is 0 Å². The zero-order chi connectivity index (χ0) is 11.6. The lowest BCUT2D eigenvalue weighted by atomic mass is 10.2. The highest BCUT2D eigenvalue weighted by Crippen LogP contribution is 2.14. The molecule has 0 spiro atoms. The molecule has 1 rings (SSSR count). The Hall–Kier alpha value is -1.72. The molecule has 0 aliphatic carbocycles. The maximum Gasteiger partial charge on any atom is 0.419 e. The average molecular weight is 215 g/mol. The molecule has 1 heterocycles. The third kappa shape index (κ3) is 3.49. The van der Waals surface area contributed by atoms with E-state index in [2.05, 4.69) is 9.40 Å². The van der Waals surface area contributed by atoms with Crippen molar-refractivity contribution in [2.24, 2.45) is 0 Å². The van der Waals surface area contributed by atoms with Crippen LogP contribution in [0, 0.1) is 0 Å². The van der Waals surface area contributed by atoms with Gasteiger partial charge in [-0.15, -0.1) is 0 Å². The maximum atomic E-state index is 11.3. The number of ether oxygens (including phenoxy) is 1. The van der Waals surface area contributed by atoms with Gasteiger partial charge >= 0.3 is 17.7 Å². The van der Waals surface area contributed by atoms with Gasteiger partial charge in [-0.25, -0.2) is 4.79 Å². The predicted octanol–water partition coefficient (Wildman–Crippen LogP) is 0.558. The van der Waals surface area contributed by atoms with E-state index in [4.69, 9.17) is 9.84 Å². The lowest BCUT2D eigenvalue weighted by Gasteiger charge is -2.18. The molecular weight excluding hydrogens is 202 g/mol. The molecule has 0 saturated carbocycles. The van der Waals surface area contributed by atoms with Gasteiger partial charge in [-0.3, -0.25) is 9.78 Å². The van der Waals surface area contributed by atoms with Crippen LogP contribution in [0.5, 0.6) is 5.95 Å². The molecule has 2 N–H and O–H groups in total. The Balaban J connectivity index is 2.67. The molecule has 1 aromatic heterocycles. The summed E-state index contributed by atoms with van der Waals surface area (Å²) >= 11 is 0. The minimum atomic E-state index is -0.800. The van der Waals surface area contributed by atoms with Crippen LogP contribution in [0.3, 0.4) is 0 Å². The number of aromatic amines is 1. The quantitative estimate of drug-likeness (QED) is 0.703. The number of hydrogen-bond donors (Lipinski definition) is 2. The van der Waals surface area contributed by atoms with Crippen LogP contribution in [-0.4, -0.2) is 21.7 Å². The van der Waals surface area contributed by atoms with Crippen LogP contribution in [0.15, 0.2) is 9.21 Å². The van der Waals surface area contributed by atoms with Crippen molar-refractivity contribution in [3.63, 3.8) is 0 Å². The van der Waals surface area contributed by atoms with Crippen LogP contribution in [-0.2, 0) is 16.0 Å².